The van der Waals surface area contributed by atoms with Gasteiger partial charge in [-0.05, 0) is 31.3 Å². The molecule has 0 aliphatic carbocycles. The Balaban J connectivity index is 1.79. The number of Topliss-reactive ketones (excluding diaryl/α,β-unsaturated/α-hetero) is 1. The van der Waals surface area contributed by atoms with E-state index in [9.17, 15) is 9.59 Å². The van der Waals surface area contributed by atoms with E-state index in [1.165, 1.54) is 11.3 Å². The first-order valence-electron chi connectivity index (χ1n) is 6.20. The first-order chi connectivity index (χ1) is 8.66. The van der Waals surface area contributed by atoms with Crippen LogP contribution in [0.15, 0.2) is 17.5 Å². The van der Waals surface area contributed by atoms with Crippen molar-refractivity contribution in [3.05, 3.63) is 22.4 Å². The highest BCUT2D eigenvalue weighted by atomic mass is 32.1. The molecule has 1 amide bonds. The van der Waals surface area contributed by atoms with Crippen molar-refractivity contribution in [1.29, 1.82) is 0 Å². The van der Waals surface area contributed by atoms with Gasteiger partial charge in [-0.25, -0.2) is 0 Å². The largest absolute Gasteiger partial charge is 0.342 e. The van der Waals surface area contributed by atoms with Gasteiger partial charge in [0.1, 0.15) is 0 Å². The Morgan fingerprint density at radius 3 is 2.67 bits per heavy atom. The summed E-state index contributed by atoms with van der Waals surface area (Å²) in [5, 5.41) is 1.89. The molecule has 0 N–H and O–H groups in total. The van der Waals surface area contributed by atoms with Crippen LogP contribution in [-0.4, -0.2) is 54.7 Å². The Bertz CT molecular complexity index is 411. The second kappa shape index (κ2) is 6.11. The van der Waals surface area contributed by atoms with Crippen LogP contribution in [-0.2, 0) is 4.79 Å². The highest BCUT2D eigenvalue weighted by Gasteiger charge is 2.20. The van der Waals surface area contributed by atoms with Crippen LogP contribution < -0.4 is 0 Å². The van der Waals surface area contributed by atoms with E-state index in [4.69, 9.17) is 0 Å². The molecule has 4 nitrogen and oxygen atoms in total. The van der Waals surface area contributed by atoms with Gasteiger partial charge < -0.3 is 4.90 Å². The SMILES string of the molecule is CN(CC(=O)c1cccs1)CC(=O)N1CCCC1. The molecule has 1 aromatic heterocycles. The van der Waals surface area contributed by atoms with Crippen molar-refractivity contribution < 1.29 is 9.59 Å². The third-order valence-electron chi connectivity index (χ3n) is 3.07. The van der Waals surface area contributed by atoms with Crippen LogP contribution in [0, 0.1) is 0 Å². The number of hydrogen-bond donors (Lipinski definition) is 0. The summed E-state index contributed by atoms with van der Waals surface area (Å²) in [6, 6.07) is 3.69. The maximum absolute atomic E-state index is 11.9. The van der Waals surface area contributed by atoms with E-state index in [0.29, 0.717) is 13.1 Å². The van der Waals surface area contributed by atoms with Crippen molar-refractivity contribution in [1.82, 2.24) is 9.80 Å². The van der Waals surface area contributed by atoms with Crippen LogP contribution in [0.5, 0.6) is 0 Å². The molecule has 5 heteroatoms. The molecule has 0 radical (unpaired) electrons. The number of thiophene rings is 1. The fourth-order valence-corrected chi connectivity index (χ4v) is 2.77. The summed E-state index contributed by atoms with van der Waals surface area (Å²) in [5.41, 5.74) is 0. The van der Waals surface area contributed by atoms with Crippen LogP contribution in [0.4, 0.5) is 0 Å². The molecule has 2 heterocycles. The average molecular weight is 266 g/mol. The summed E-state index contributed by atoms with van der Waals surface area (Å²) >= 11 is 1.45. The highest BCUT2D eigenvalue weighted by molar-refractivity contribution is 7.12. The monoisotopic (exact) mass is 266 g/mol. The second-order valence-corrected chi connectivity index (χ2v) is 5.61. The van der Waals surface area contributed by atoms with Gasteiger partial charge in [0.25, 0.3) is 0 Å². The Morgan fingerprint density at radius 2 is 2.06 bits per heavy atom. The smallest absolute Gasteiger partial charge is 0.236 e. The van der Waals surface area contributed by atoms with Crippen LogP contribution in [0.1, 0.15) is 22.5 Å². The minimum Gasteiger partial charge on any atom is -0.342 e. The van der Waals surface area contributed by atoms with Crippen molar-refractivity contribution in [3.63, 3.8) is 0 Å². The molecular formula is C13H18N2O2S. The number of likely N-dealkylation sites (tertiary alicyclic amines) is 1. The topological polar surface area (TPSA) is 40.6 Å². The van der Waals surface area contributed by atoms with E-state index in [0.717, 1.165) is 30.8 Å². The molecule has 1 aliphatic rings. The Kier molecular flexibility index (Phi) is 4.49. The predicted molar refractivity (Wildman–Crippen MR) is 72.0 cm³/mol. The van der Waals surface area contributed by atoms with Gasteiger partial charge in [0.05, 0.1) is 18.0 Å². The minimum absolute atomic E-state index is 0.0849. The molecule has 1 aliphatic heterocycles. The molecule has 1 saturated heterocycles. The minimum atomic E-state index is 0.0849. The maximum Gasteiger partial charge on any atom is 0.236 e. The van der Waals surface area contributed by atoms with E-state index >= 15 is 0 Å². The normalized spacial score (nSPS) is 15.3. The maximum atomic E-state index is 11.9. The lowest BCUT2D eigenvalue weighted by atomic mass is 10.3. The predicted octanol–water partition coefficient (Wildman–Crippen LogP) is 1.49. The molecule has 0 atom stereocenters. The Hall–Kier alpha value is -1.20. The van der Waals surface area contributed by atoms with Gasteiger partial charge in [-0.1, -0.05) is 6.07 Å². The molecule has 0 spiro atoms. The lowest BCUT2D eigenvalue weighted by Crippen LogP contribution is -2.39. The van der Waals surface area contributed by atoms with Gasteiger partial charge in [-0.3, -0.25) is 14.5 Å². The Labute approximate surface area is 111 Å². The third-order valence-corrected chi connectivity index (χ3v) is 3.98. The van der Waals surface area contributed by atoms with Gasteiger partial charge in [0.15, 0.2) is 5.78 Å². The molecular weight excluding hydrogens is 248 g/mol. The van der Waals surface area contributed by atoms with Crippen molar-refractivity contribution >= 4 is 23.0 Å². The van der Waals surface area contributed by atoms with Crippen LogP contribution in [0.2, 0.25) is 0 Å². The summed E-state index contributed by atoms with van der Waals surface area (Å²) in [6.07, 6.45) is 2.20. The van der Waals surface area contributed by atoms with Crippen molar-refractivity contribution in [2.24, 2.45) is 0 Å². The lowest BCUT2D eigenvalue weighted by Gasteiger charge is -2.20. The van der Waals surface area contributed by atoms with Gasteiger partial charge >= 0.3 is 0 Å². The summed E-state index contributed by atoms with van der Waals surface area (Å²) in [5.74, 6) is 0.218. The second-order valence-electron chi connectivity index (χ2n) is 4.66. The van der Waals surface area contributed by atoms with Gasteiger partial charge in [0, 0.05) is 13.1 Å². The standard InChI is InChI=1S/C13H18N2O2S/c1-14(9-11(16)12-5-4-8-18-12)10-13(17)15-6-2-3-7-15/h4-5,8H,2-3,6-7,9-10H2,1H3. The number of ketones is 1. The molecule has 0 aromatic carbocycles. The summed E-state index contributed by atoms with van der Waals surface area (Å²) in [7, 11) is 1.82. The van der Waals surface area contributed by atoms with Gasteiger partial charge in [-0.2, -0.15) is 0 Å². The zero-order valence-electron chi connectivity index (χ0n) is 10.6. The van der Waals surface area contributed by atoms with E-state index in [1.54, 1.807) is 4.90 Å². The molecule has 1 aromatic rings. The molecule has 98 valence electrons. The average Bonchev–Trinajstić information content (AvgIpc) is 3.02. The van der Waals surface area contributed by atoms with E-state index < -0.39 is 0 Å². The zero-order valence-corrected chi connectivity index (χ0v) is 11.4. The summed E-state index contributed by atoms with van der Waals surface area (Å²) in [6.45, 7) is 2.37. The fraction of sp³-hybridized carbons (Fsp3) is 0.538. The van der Waals surface area contributed by atoms with Gasteiger partial charge in [-0.15, -0.1) is 11.3 Å². The molecule has 2 rings (SSSR count). The van der Waals surface area contributed by atoms with E-state index in [2.05, 4.69) is 0 Å². The first kappa shape index (κ1) is 13.2. The third kappa shape index (κ3) is 3.40. The summed E-state index contributed by atoms with van der Waals surface area (Å²) < 4.78 is 0. The number of rotatable bonds is 5. The number of amides is 1. The lowest BCUT2D eigenvalue weighted by molar-refractivity contribution is -0.130. The van der Waals surface area contributed by atoms with Crippen LogP contribution in [0.3, 0.4) is 0 Å². The van der Waals surface area contributed by atoms with Crippen molar-refractivity contribution in [2.45, 2.75) is 12.8 Å². The number of hydrogen-bond acceptors (Lipinski definition) is 4. The number of likely N-dealkylation sites (N-methyl/N-ethyl adjacent to an activating group) is 1. The Morgan fingerprint density at radius 1 is 1.33 bits per heavy atom. The van der Waals surface area contributed by atoms with Gasteiger partial charge in [0.2, 0.25) is 5.91 Å². The number of carbonyl (C=O) groups is 2. The molecule has 18 heavy (non-hydrogen) atoms. The molecule has 1 fully saturated rings. The number of carbonyl (C=O) groups excluding carboxylic acids is 2. The van der Waals surface area contributed by atoms with Crippen molar-refractivity contribution in [2.75, 3.05) is 33.2 Å². The molecule has 0 unspecified atom stereocenters. The highest BCUT2D eigenvalue weighted by Crippen LogP contribution is 2.10. The zero-order chi connectivity index (χ0) is 13.0. The quantitative estimate of drug-likeness (QED) is 0.758. The molecule has 0 bridgehead atoms. The van der Waals surface area contributed by atoms with E-state index in [1.807, 2.05) is 29.5 Å². The molecule has 0 saturated carbocycles. The first-order valence-corrected chi connectivity index (χ1v) is 7.08. The van der Waals surface area contributed by atoms with Crippen LogP contribution >= 0.6 is 11.3 Å². The fourth-order valence-electron chi connectivity index (χ4n) is 2.11. The van der Waals surface area contributed by atoms with Crippen molar-refractivity contribution in [3.8, 4) is 0 Å². The number of nitrogens with zero attached hydrogens (tertiary/aromatic N) is 2. The van der Waals surface area contributed by atoms with Crippen LogP contribution in [0.25, 0.3) is 0 Å². The summed E-state index contributed by atoms with van der Waals surface area (Å²) in [4.78, 5) is 28.2. The van der Waals surface area contributed by atoms with E-state index in [-0.39, 0.29) is 11.7 Å².